The number of ether oxygens (including phenoxy) is 2. The molecule has 0 radical (unpaired) electrons. The molecule has 5 heteroatoms. The van der Waals surface area contributed by atoms with E-state index in [1.807, 2.05) is 30.3 Å². The molecule has 20 heavy (non-hydrogen) atoms. The van der Waals surface area contributed by atoms with E-state index in [0.717, 1.165) is 27.2 Å². The molecule has 0 aliphatic carbocycles. The van der Waals surface area contributed by atoms with E-state index in [-0.39, 0.29) is 6.04 Å². The molecule has 2 rings (SSSR count). The van der Waals surface area contributed by atoms with E-state index in [1.165, 1.54) is 0 Å². The van der Waals surface area contributed by atoms with Gasteiger partial charge in [-0.15, -0.1) is 0 Å². The molecule has 0 spiro atoms. The zero-order chi connectivity index (χ0) is 14.5. The third-order valence-corrected chi connectivity index (χ3v) is 3.53. The molecule has 0 saturated heterocycles. The predicted octanol–water partition coefficient (Wildman–Crippen LogP) is 3.10. The zero-order valence-corrected chi connectivity index (χ0v) is 13.1. The van der Waals surface area contributed by atoms with Gasteiger partial charge >= 0.3 is 0 Å². The summed E-state index contributed by atoms with van der Waals surface area (Å²) >= 11 is 3.37. The van der Waals surface area contributed by atoms with Gasteiger partial charge < -0.3 is 15.2 Å². The number of hydrogen-bond acceptors (Lipinski definition) is 4. The Labute approximate surface area is 127 Å². The van der Waals surface area contributed by atoms with E-state index in [9.17, 15) is 0 Å². The van der Waals surface area contributed by atoms with Gasteiger partial charge in [-0.3, -0.25) is 4.98 Å². The second-order valence-corrected chi connectivity index (χ2v) is 5.30. The first-order valence-corrected chi connectivity index (χ1v) is 7.01. The van der Waals surface area contributed by atoms with Gasteiger partial charge in [-0.05, 0) is 34.1 Å². The average molecular weight is 337 g/mol. The number of methoxy groups -OCH3 is 2. The lowest BCUT2D eigenvalue weighted by atomic mass is 10.0. The van der Waals surface area contributed by atoms with Gasteiger partial charge in [0.1, 0.15) is 11.5 Å². The van der Waals surface area contributed by atoms with Crippen molar-refractivity contribution in [1.29, 1.82) is 0 Å². The third kappa shape index (κ3) is 3.49. The maximum absolute atomic E-state index is 6.26. The number of nitrogens with two attached hydrogens (primary N) is 1. The minimum Gasteiger partial charge on any atom is -0.497 e. The molecule has 1 aromatic carbocycles. The van der Waals surface area contributed by atoms with E-state index in [2.05, 4.69) is 20.9 Å². The van der Waals surface area contributed by atoms with Gasteiger partial charge in [-0.1, -0.05) is 6.07 Å². The van der Waals surface area contributed by atoms with Gasteiger partial charge in [0.25, 0.3) is 0 Å². The van der Waals surface area contributed by atoms with Gasteiger partial charge in [0.05, 0.1) is 14.2 Å². The molecular formula is C15H17BrN2O2. The highest BCUT2D eigenvalue weighted by atomic mass is 79.9. The Hall–Kier alpha value is -1.59. The summed E-state index contributed by atoms with van der Waals surface area (Å²) in [6, 6.07) is 9.39. The highest BCUT2D eigenvalue weighted by Gasteiger charge is 2.14. The fourth-order valence-corrected chi connectivity index (χ4v) is 2.22. The minimum absolute atomic E-state index is 0.176. The summed E-state index contributed by atoms with van der Waals surface area (Å²) < 4.78 is 11.5. The van der Waals surface area contributed by atoms with Crippen LogP contribution in [0.5, 0.6) is 11.5 Å². The monoisotopic (exact) mass is 336 g/mol. The quantitative estimate of drug-likeness (QED) is 0.911. The van der Waals surface area contributed by atoms with Crippen molar-refractivity contribution < 1.29 is 9.47 Å². The van der Waals surface area contributed by atoms with E-state index < -0.39 is 0 Å². The molecule has 4 nitrogen and oxygen atoms in total. The van der Waals surface area contributed by atoms with Crippen LogP contribution >= 0.6 is 15.9 Å². The summed E-state index contributed by atoms with van der Waals surface area (Å²) in [5.74, 6) is 1.48. The summed E-state index contributed by atoms with van der Waals surface area (Å²) in [6.45, 7) is 0. The van der Waals surface area contributed by atoms with Gasteiger partial charge in [-0.25, -0.2) is 0 Å². The molecule has 1 unspecified atom stereocenters. The Morgan fingerprint density at radius 2 is 2.00 bits per heavy atom. The first-order chi connectivity index (χ1) is 9.63. The van der Waals surface area contributed by atoms with Crippen LogP contribution in [-0.4, -0.2) is 19.2 Å². The molecule has 1 aromatic heterocycles. The van der Waals surface area contributed by atoms with Crippen molar-refractivity contribution in [3.05, 3.63) is 52.3 Å². The topological polar surface area (TPSA) is 57.4 Å². The number of benzene rings is 1. The third-order valence-electron chi connectivity index (χ3n) is 3.06. The van der Waals surface area contributed by atoms with Crippen LogP contribution in [0.1, 0.15) is 17.3 Å². The summed E-state index contributed by atoms with van der Waals surface area (Å²) in [6.07, 6.45) is 2.42. The fourth-order valence-electron chi connectivity index (χ4n) is 1.99. The highest BCUT2D eigenvalue weighted by molar-refractivity contribution is 9.10. The standard InChI is InChI=1S/C15H17BrN2O2/c1-19-12-5-6-13(15(8-12)20-2)14(17)7-11-4-3-10(16)9-18-11/h3-6,8-9,14H,7,17H2,1-2H3. The van der Waals surface area contributed by atoms with Crippen LogP contribution in [0.3, 0.4) is 0 Å². The first-order valence-electron chi connectivity index (χ1n) is 6.22. The summed E-state index contributed by atoms with van der Waals surface area (Å²) in [7, 11) is 3.25. The number of nitrogens with zero attached hydrogens (tertiary/aromatic N) is 1. The normalized spacial score (nSPS) is 12.0. The number of pyridine rings is 1. The van der Waals surface area contributed by atoms with E-state index >= 15 is 0 Å². The minimum atomic E-state index is -0.176. The number of hydrogen-bond donors (Lipinski definition) is 1. The van der Waals surface area contributed by atoms with Crippen molar-refractivity contribution in [2.75, 3.05) is 14.2 Å². The van der Waals surface area contributed by atoms with Gasteiger partial charge in [0, 0.05) is 40.5 Å². The highest BCUT2D eigenvalue weighted by Crippen LogP contribution is 2.29. The molecule has 106 valence electrons. The molecule has 0 amide bonds. The van der Waals surface area contributed by atoms with Crippen molar-refractivity contribution in [2.24, 2.45) is 5.73 Å². The molecule has 2 aromatic rings. The predicted molar refractivity (Wildman–Crippen MR) is 82.1 cm³/mol. The van der Waals surface area contributed by atoms with Crippen LogP contribution in [0, 0.1) is 0 Å². The van der Waals surface area contributed by atoms with E-state index in [0.29, 0.717) is 6.42 Å². The van der Waals surface area contributed by atoms with Gasteiger partial charge in [0.15, 0.2) is 0 Å². The van der Waals surface area contributed by atoms with Gasteiger partial charge in [-0.2, -0.15) is 0 Å². The maximum atomic E-state index is 6.26. The van der Waals surface area contributed by atoms with Crippen LogP contribution in [0.2, 0.25) is 0 Å². The first kappa shape index (κ1) is 14.8. The Kier molecular flexibility index (Phi) is 4.98. The molecule has 0 bridgehead atoms. The van der Waals surface area contributed by atoms with Crippen LogP contribution < -0.4 is 15.2 Å². The molecule has 0 fully saturated rings. The zero-order valence-electron chi connectivity index (χ0n) is 11.5. The summed E-state index contributed by atoms with van der Waals surface area (Å²) in [5, 5.41) is 0. The number of aromatic nitrogens is 1. The molecule has 0 aliphatic heterocycles. The van der Waals surface area contributed by atoms with Crippen molar-refractivity contribution in [2.45, 2.75) is 12.5 Å². The maximum Gasteiger partial charge on any atom is 0.127 e. The summed E-state index contributed by atoms with van der Waals surface area (Å²) in [5.41, 5.74) is 8.15. The van der Waals surface area contributed by atoms with Crippen molar-refractivity contribution in [3.8, 4) is 11.5 Å². The van der Waals surface area contributed by atoms with Crippen molar-refractivity contribution in [1.82, 2.24) is 4.98 Å². The van der Waals surface area contributed by atoms with Crippen molar-refractivity contribution in [3.63, 3.8) is 0 Å². The lowest BCUT2D eigenvalue weighted by molar-refractivity contribution is 0.388. The lowest BCUT2D eigenvalue weighted by Crippen LogP contribution is -2.15. The van der Waals surface area contributed by atoms with E-state index in [4.69, 9.17) is 15.2 Å². The van der Waals surface area contributed by atoms with Gasteiger partial charge in [0.2, 0.25) is 0 Å². The molecule has 1 heterocycles. The fraction of sp³-hybridized carbons (Fsp3) is 0.267. The molecule has 1 atom stereocenters. The van der Waals surface area contributed by atoms with Crippen molar-refractivity contribution >= 4 is 15.9 Å². The SMILES string of the molecule is COc1ccc(C(N)Cc2ccc(Br)cn2)c(OC)c1. The average Bonchev–Trinajstić information content (AvgIpc) is 2.48. The Morgan fingerprint density at radius 1 is 1.20 bits per heavy atom. The van der Waals surface area contributed by atoms with Crippen LogP contribution in [-0.2, 0) is 6.42 Å². The van der Waals surface area contributed by atoms with Crippen LogP contribution in [0.25, 0.3) is 0 Å². The second kappa shape index (κ2) is 6.72. The molecular weight excluding hydrogens is 320 g/mol. The molecule has 0 aliphatic rings. The van der Waals surface area contributed by atoms with Crippen LogP contribution in [0.4, 0.5) is 0 Å². The Bertz CT molecular complexity index is 573. The van der Waals surface area contributed by atoms with Crippen LogP contribution in [0.15, 0.2) is 41.0 Å². The smallest absolute Gasteiger partial charge is 0.127 e. The molecule has 0 saturated carbocycles. The van der Waals surface area contributed by atoms with E-state index in [1.54, 1.807) is 20.4 Å². The number of rotatable bonds is 5. The largest absolute Gasteiger partial charge is 0.497 e. The Balaban J connectivity index is 2.20. The lowest BCUT2D eigenvalue weighted by Gasteiger charge is -2.16. The summed E-state index contributed by atoms with van der Waals surface area (Å²) in [4.78, 5) is 4.34. The second-order valence-electron chi connectivity index (χ2n) is 4.39. The number of halogens is 1. The molecule has 2 N–H and O–H groups in total. The Morgan fingerprint density at radius 3 is 2.60 bits per heavy atom.